The number of imidazole rings is 1. The molecule has 0 atom stereocenters. The maximum Gasteiger partial charge on any atom is 0.241 e. The number of carbonyl (C=O) groups excluding carboxylic acids is 1. The molecule has 1 aliphatic rings. The van der Waals surface area contributed by atoms with Crippen molar-refractivity contribution in [2.75, 3.05) is 4.90 Å². The minimum Gasteiger partial charge on any atom is -0.306 e. The van der Waals surface area contributed by atoms with Crippen molar-refractivity contribution < 1.29 is 4.79 Å². The van der Waals surface area contributed by atoms with Gasteiger partial charge >= 0.3 is 0 Å². The van der Waals surface area contributed by atoms with Crippen LogP contribution in [0.1, 0.15) is 50.6 Å². The predicted molar refractivity (Wildman–Crippen MR) is 107 cm³/mol. The molecular formula is C22H24N4O. The van der Waals surface area contributed by atoms with Gasteiger partial charge in [0.05, 0.1) is 28.8 Å². The fourth-order valence-electron chi connectivity index (χ4n) is 3.60. The number of carbonyl (C=O) groups is 1. The lowest BCUT2D eigenvalue weighted by atomic mass is 9.86. The number of benzene rings is 1. The average molecular weight is 360 g/mol. The molecule has 1 amide bonds. The summed E-state index contributed by atoms with van der Waals surface area (Å²) < 4.78 is 2.02. The Morgan fingerprint density at radius 2 is 1.81 bits per heavy atom. The molecule has 138 valence electrons. The van der Waals surface area contributed by atoms with Crippen LogP contribution in [0.3, 0.4) is 0 Å². The van der Waals surface area contributed by atoms with Crippen molar-refractivity contribution in [2.45, 2.75) is 46.0 Å². The van der Waals surface area contributed by atoms with Gasteiger partial charge in [-0.3, -0.25) is 14.7 Å². The van der Waals surface area contributed by atoms with E-state index in [1.807, 2.05) is 48.7 Å². The summed E-state index contributed by atoms with van der Waals surface area (Å²) >= 11 is 0. The third-order valence-electron chi connectivity index (χ3n) is 5.26. The Balaban J connectivity index is 1.85. The summed E-state index contributed by atoms with van der Waals surface area (Å²) in [5.41, 5.74) is 5.18. The highest BCUT2D eigenvalue weighted by molar-refractivity contribution is 6.12. The molecule has 27 heavy (non-hydrogen) atoms. The second-order valence-electron chi connectivity index (χ2n) is 7.98. The van der Waals surface area contributed by atoms with Crippen LogP contribution in [0.4, 0.5) is 11.4 Å². The number of fused-ring (bicyclic) bond motifs is 1. The number of pyridine rings is 1. The van der Waals surface area contributed by atoms with Crippen LogP contribution in [0.5, 0.6) is 0 Å². The zero-order valence-corrected chi connectivity index (χ0v) is 16.4. The molecule has 0 saturated heterocycles. The van der Waals surface area contributed by atoms with Crippen molar-refractivity contribution in [1.29, 1.82) is 0 Å². The van der Waals surface area contributed by atoms with Gasteiger partial charge in [0.25, 0.3) is 0 Å². The topological polar surface area (TPSA) is 51.0 Å². The molecule has 0 bridgehead atoms. The van der Waals surface area contributed by atoms with Gasteiger partial charge in [-0.25, -0.2) is 4.98 Å². The molecule has 0 saturated carbocycles. The number of amides is 1. The van der Waals surface area contributed by atoms with Gasteiger partial charge < -0.3 is 4.57 Å². The quantitative estimate of drug-likeness (QED) is 0.683. The molecule has 4 rings (SSSR count). The molecule has 3 aromatic rings. The zero-order valence-electron chi connectivity index (χ0n) is 16.4. The minimum atomic E-state index is -0.566. The summed E-state index contributed by atoms with van der Waals surface area (Å²) in [6.45, 7) is 10.2. The van der Waals surface area contributed by atoms with Gasteiger partial charge in [-0.1, -0.05) is 19.9 Å². The highest BCUT2D eigenvalue weighted by atomic mass is 16.2. The molecule has 5 nitrogen and oxygen atoms in total. The van der Waals surface area contributed by atoms with Gasteiger partial charge in [0.2, 0.25) is 5.91 Å². The van der Waals surface area contributed by atoms with E-state index in [1.165, 1.54) is 0 Å². The second-order valence-corrected chi connectivity index (χ2v) is 7.98. The summed E-state index contributed by atoms with van der Waals surface area (Å²) in [6.07, 6.45) is 5.63. The van der Waals surface area contributed by atoms with Gasteiger partial charge in [-0.2, -0.15) is 0 Å². The number of aromatic nitrogens is 3. The standard InChI is InChI=1S/C22H24N4O/c1-14(2)19-12-25(13-24-19)16-6-7-18-20(11-16)26(21(27)22(18,4)5)17-8-9-23-15(3)10-17/h6-14H,1-5H3. The Morgan fingerprint density at radius 3 is 2.48 bits per heavy atom. The van der Waals surface area contributed by atoms with Crippen molar-refractivity contribution in [3.63, 3.8) is 0 Å². The number of hydrogen-bond acceptors (Lipinski definition) is 3. The van der Waals surface area contributed by atoms with E-state index >= 15 is 0 Å². The van der Waals surface area contributed by atoms with Crippen LogP contribution in [-0.4, -0.2) is 20.4 Å². The van der Waals surface area contributed by atoms with E-state index in [0.717, 1.165) is 34.0 Å². The van der Waals surface area contributed by atoms with Gasteiger partial charge in [0.1, 0.15) is 0 Å². The van der Waals surface area contributed by atoms with Crippen molar-refractivity contribution >= 4 is 17.3 Å². The predicted octanol–water partition coefficient (Wildman–Crippen LogP) is 4.66. The molecule has 0 N–H and O–H groups in total. The first-order chi connectivity index (χ1) is 12.8. The van der Waals surface area contributed by atoms with Crippen LogP contribution >= 0.6 is 0 Å². The largest absolute Gasteiger partial charge is 0.306 e. The van der Waals surface area contributed by atoms with Gasteiger partial charge in [-0.05, 0) is 56.5 Å². The van der Waals surface area contributed by atoms with E-state index in [0.29, 0.717) is 5.92 Å². The third-order valence-corrected chi connectivity index (χ3v) is 5.26. The summed E-state index contributed by atoms with van der Waals surface area (Å²) in [4.78, 5) is 23.8. The van der Waals surface area contributed by atoms with E-state index in [1.54, 1.807) is 6.20 Å². The first-order valence-corrected chi connectivity index (χ1v) is 9.25. The zero-order chi connectivity index (χ0) is 19.3. The van der Waals surface area contributed by atoms with Crippen LogP contribution in [0.2, 0.25) is 0 Å². The molecule has 2 aromatic heterocycles. The first-order valence-electron chi connectivity index (χ1n) is 9.25. The Bertz CT molecular complexity index is 1030. The first kappa shape index (κ1) is 17.5. The van der Waals surface area contributed by atoms with E-state index in [2.05, 4.69) is 48.2 Å². The monoisotopic (exact) mass is 360 g/mol. The van der Waals surface area contributed by atoms with Crippen LogP contribution < -0.4 is 4.90 Å². The van der Waals surface area contributed by atoms with E-state index < -0.39 is 5.41 Å². The molecular weight excluding hydrogens is 336 g/mol. The lowest BCUT2D eigenvalue weighted by molar-refractivity contribution is -0.121. The maximum absolute atomic E-state index is 13.2. The molecule has 5 heteroatoms. The Kier molecular flexibility index (Phi) is 3.91. The Hall–Kier alpha value is -2.95. The van der Waals surface area contributed by atoms with Gasteiger partial charge in [-0.15, -0.1) is 0 Å². The van der Waals surface area contributed by atoms with E-state index in [4.69, 9.17) is 0 Å². The van der Waals surface area contributed by atoms with Crippen LogP contribution in [0.15, 0.2) is 49.1 Å². The molecule has 0 unspecified atom stereocenters. The normalized spacial score (nSPS) is 15.5. The van der Waals surface area contributed by atoms with Crippen molar-refractivity contribution in [2.24, 2.45) is 0 Å². The summed E-state index contributed by atoms with van der Waals surface area (Å²) in [5.74, 6) is 0.450. The summed E-state index contributed by atoms with van der Waals surface area (Å²) in [6, 6.07) is 10.0. The van der Waals surface area contributed by atoms with E-state index in [-0.39, 0.29) is 5.91 Å². The number of anilines is 2. The fourth-order valence-corrected chi connectivity index (χ4v) is 3.60. The smallest absolute Gasteiger partial charge is 0.241 e. The SMILES string of the molecule is Cc1cc(N2C(=O)C(C)(C)c3ccc(-n4cnc(C(C)C)c4)cc32)ccn1. The van der Waals surface area contributed by atoms with Crippen molar-refractivity contribution in [3.05, 3.63) is 66.0 Å². The molecule has 1 aliphatic heterocycles. The molecule has 0 fully saturated rings. The van der Waals surface area contributed by atoms with Gasteiger partial charge in [0.15, 0.2) is 0 Å². The lowest BCUT2D eigenvalue weighted by Crippen LogP contribution is -2.33. The second kappa shape index (κ2) is 6.05. The lowest BCUT2D eigenvalue weighted by Gasteiger charge is -2.20. The highest BCUT2D eigenvalue weighted by Gasteiger charge is 2.44. The molecule has 0 spiro atoms. The molecule has 3 heterocycles. The van der Waals surface area contributed by atoms with Crippen LogP contribution in [0, 0.1) is 6.92 Å². The molecule has 0 radical (unpaired) electrons. The van der Waals surface area contributed by atoms with Crippen LogP contribution in [0.25, 0.3) is 5.69 Å². The number of nitrogens with zero attached hydrogens (tertiary/aromatic N) is 4. The summed E-state index contributed by atoms with van der Waals surface area (Å²) in [7, 11) is 0. The third kappa shape index (κ3) is 2.74. The van der Waals surface area contributed by atoms with Gasteiger partial charge in [0, 0.05) is 23.8 Å². The van der Waals surface area contributed by atoms with Crippen LogP contribution in [-0.2, 0) is 10.2 Å². The summed E-state index contributed by atoms with van der Waals surface area (Å²) in [5, 5.41) is 0. The fraction of sp³-hybridized carbons (Fsp3) is 0.318. The number of hydrogen-bond donors (Lipinski definition) is 0. The minimum absolute atomic E-state index is 0.0775. The molecule has 0 aliphatic carbocycles. The molecule has 1 aromatic carbocycles. The average Bonchev–Trinajstić information content (AvgIpc) is 3.18. The highest BCUT2D eigenvalue weighted by Crippen LogP contribution is 2.46. The Labute approximate surface area is 159 Å². The number of rotatable bonds is 3. The van der Waals surface area contributed by atoms with Crippen molar-refractivity contribution in [1.82, 2.24) is 14.5 Å². The maximum atomic E-state index is 13.2. The van der Waals surface area contributed by atoms with Crippen molar-refractivity contribution in [3.8, 4) is 5.69 Å². The number of aryl methyl sites for hydroxylation is 1. The Morgan fingerprint density at radius 1 is 1.04 bits per heavy atom. The van der Waals surface area contributed by atoms with E-state index in [9.17, 15) is 4.79 Å².